The largest absolute Gasteiger partial charge is 0.466 e. The van der Waals surface area contributed by atoms with Crippen LogP contribution >= 0.6 is 0 Å². The molecule has 108 valence electrons. The van der Waals surface area contributed by atoms with Gasteiger partial charge in [-0.3, -0.25) is 4.79 Å². The van der Waals surface area contributed by atoms with Crippen molar-refractivity contribution in [2.45, 2.75) is 51.2 Å². The zero-order valence-corrected chi connectivity index (χ0v) is 13.6. The van der Waals surface area contributed by atoms with Gasteiger partial charge in [0.15, 0.2) is 8.32 Å². The van der Waals surface area contributed by atoms with E-state index >= 15 is 0 Å². The molecule has 0 radical (unpaired) electrons. The van der Waals surface area contributed by atoms with Crippen LogP contribution in [0.3, 0.4) is 0 Å². The predicted molar refractivity (Wildman–Crippen MR) is 78.4 cm³/mol. The van der Waals surface area contributed by atoms with E-state index in [1.165, 1.54) is 13.3 Å². The van der Waals surface area contributed by atoms with Gasteiger partial charge in [-0.1, -0.05) is 19.1 Å². The first-order chi connectivity index (χ1) is 8.87. The Morgan fingerprint density at radius 1 is 1.47 bits per heavy atom. The van der Waals surface area contributed by atoms with Crippen LogP contribution < -0.4 is 0 Å². The first-order valence-corrected chi connectivity index (χ1v) is 10.2. The second kappa shape index (κ2) is 5.41. The van der Waals surface area contributed by atoms with E-state index in [2.05, 4.69) is 32.2 Å². The van der Waals surface area contributed by atoms with Gasteiger partial charge in [-0.05, 0) is 43.3 Å². The quantitative estimate of drug-likeness (QED) is 0.342. The maximum Gasteiger partial charge on any atom is 0.302 e. The van der Waals surface area contributed by atoms with Crippen LogP contribution in [-0.2, 0) is 14.0 Å². The van der Waals surface area contributed by atoms with Crippen LogP contribution in [0.2, 0.25) is 18.1 Å². The van der Waals surface area contributed by atoms with Gasteiger partial charge in [-0.25, -0.2) is 0 Å². The van der Waals surface area contributed by atoms with E-state index in [0.29, 0.717) is 23.5 Å². The number of hydrogen-bond donors (Lipinski definition) is 0. The minimum absolute atomic E-state index is 0.176. The van der Waals surface area contributed by atoms with Crippen molar-refractivity contribution >= 4 is 14.3 Å². The molecule has 0 N–H and O–H groups in total. The van der Waals surface area contributed by atoms with Crippen molar-refractivity contribution in [1.82, 2.24) is 0 Å². The molecule has 0 aromatic carbocycles. The Morgan fingerprint density at radius 2 is 2.21 bits per heavy atom. The normalized spacial score (nSPS) is 36.0. The first-order valence-electron chi connectivity index (χ1n) is 7.33. The Labute approximate surface area is 117 Å². The molecule has 1 heterocycles. The molecule has 1 aliphatic heterocycles. The summed E-state index contributed by atoms with van der Waals surface area (Å²) in [5, 5.41) is 0.335. The third-order valence-corrected chi connectivity index (χ3v) is 9.07. The number of esters is 1. The van der Waals surface area contributed by atoms with E-state index in [1.807, 2.05) is 0 Å². The van der Waals surface area contributed by atoms with E-state index in [4.69, 9.17) is 9.16 Å². The van der Waals surface area contributed by atoms with Gasteiger partial charge in [0.2, 0.25) is 0 Å². The Morgan fingerprint density at radius 3 is 2.89 bits per heavy atom. The predicted octanol–water partition coefficient (Wildman–Crippen LogP) is 3.52. The molecule has 0 saturated carbocycles. The molecular formula is C15H26O3Si. The van der Waals surface area contributed by atoms with Crippen molar-refractivity contribution in [3.8, 4) is 0 Å². The Bertz CT molecular complexity index is 378. The lowest BCUT2D eigenvalue weighted by Gasteiger charge is -2.45. The third-order valence-electron chi connectivity index (χ3n) is 4.96. The minimum Gasteiger partial charge on any atom is -0.466 e. The lowest BCUT2D eigenvalue weighted by molar-refractivity contribution is -0.141. The van der Waals surface area contributed by atoms with Crippen LogP contribution in [0, 0.1) is 11.8 Å². The minimum atomic E-state index is -1.66. The molecule has 0 amide bonds. The molecule has 0 aromatic rings. The average molecular weight is 282 g/mol. The van der Waals surface area contributed by atoms with Gasteiger partial charge in [-0.2, -0.15) is 0 Å². The molecule has 0 spiro atoms. The van der Waals surface area contributed by atoms with Gasteiger partial charge < -0.3 is 9.16 Å². The highest BCUT2D eigenvalue weighted by atomic mass is 28.4. The fraction of sp³-hybridized carbons (Fsp3) is 0.800. The fourth-order valence-corrected chi connectivity index (χ4v) is 7.39. The van der Waals surface area contributed by atoms with Gasteiger partial charge in [0.05, 0.1) is 6.61 Å². The van der Waals surface area contributed by atoms with Crippen LogP contribution in [0.5, 0.6) is 0 Å². The van der Waals surface area contributed by atoms with Crippen molar-refractivity contribution < 1.29 is 14.0 Å². The van der Waals surface area contributed by atoms with Crippen molar-refractivity contribution in [1.29, 1.82) is 0 Å². The first kappa shape index (κ1) is 14.8. The lowest BCUT2D eigenvalue weighted by Crippen LogP contribution is -2.44. The topological polar surface area (TPSA) is 35.5 Å². The van der Waals surface area contributed by atoms with Gasteiger partial charge in [0.25, 0.3) is 0 Å². The molecule has 4 heteroatoms. The number of carbonyl (C=O) groups is 1. The van der Waals surface area contributed by atoms with Gasteiger partial charge in [0, 0.05) is 19.4 Å². The van der Waals surface area contributed by atoms with Gasteiger partial charge in [0.1, 0.15) is 0 Å². The summed E-state index contributed by atoms with van der Waals surface area (Å²) in [5.74, 6) is 1.03. The summed E-state index contributed by atoms with van der Waals surface area (Å²) in [4.78, 5) is 10.9. The third kappa shape index (κ3) is 2.79. The molecule has 2 aliphatic rings. The van der Waals surface area contributed by atoms with Crippen LogP contribution in [0.15, 0.2) is 12.2 Å². The number of allylic oxidation sites excluding steroid dienone is 1. The number of rotatable bonds is 4. The molecule has 3 nitrogen and oxygen atoms in total. The van der Waals surface area contributed by atoms with E-state index in [-0.39, 0.29) is 5.97 Å². The summed E-state index contributed by atoms with van der Waals surface area (Å²) in [7, 11) is -1.66. The van der Waals surface area contributed by atoms with Crippen LogP contribution in [0.4, 0.5) is 0 Å². The van der Waals surface area contributed by atoms with Crippen molar-refractivity contribution in [2.24, 2.45) is 11.8 Å². The lowest BCUT2D eigenvalue weighted by atomic mass is 9.76. The summed E-state index contributed by atoms with van der Waals surface area (Å²) in [5.41, 5.74) is 0. The molecule has 0 unspecified atom stereocenters. The van der Waals surface area contributed by atoms with E-state index in [9.17, 15) is 4.79 Å². The summed E-state index contributed by atoms with van der Waals surface area (Å²) in [6, 6.07) is 0. The van der Waals surface area contributed by atoms with Crippen LogP contribution in [0.1, 0.15) is 33.1 Å². The molecule has 2 rings (SSSR count). The second-order valence-electron chi connectivity index (χ2n) is 6.59. The van der Waals surface area contributed by atoms with Gasteiger partial charge >= 0.3 is 5.97 Å². The molecule has 1 fully saturated rings. The SMILES string of the molecule is CC(=O)OCCC[C@@]12C[C@H](C)C=C[C@@H]1CO[Si]2(C)C. The Hall–Kier alpha value is -0.613. The molecule has 0 aromatic heterocycles. The highest BCUT2D eigenvalue weighted by molar-refractivity contribution is 6.75. The standard InChI is InChI=1S/C15H26O3Si/c1-12-6-7-14-11-18-19(3,4)15(14,10-12)8-5-9-17-13(2)16/h6-7,12,14H,5,8-11H2,1-4H3/t12-,14-,15-/m1/s1. The number of fused-ring (bicyclic) bond motifs is 1. The molecular weight excluding hydrogens is 256 g/mol. The fourth-order valence-electron chi connectivity index (χ4n) is 3.84. The highest BCUT2D eigenvalue weighted by Crippen LogP contribution is 2.60. The molecule has 0 bridgehead atoms. The summed E-state index contributed by atoms with van der Waals surface area (Å²) >= 11 is 0. The zero-order chi connectivity index (χ0) is 14.1. The highest BCUT2D eigenvalue weighted by Gasteiger charge is 2.58. The van der Waals surface area contributed by atoms with Crippen molar-refractivity contribution in [3.05, 3.63) is 12.2 Å². The summed E-state index contributed by atoms with van der Waals surface area (Å²) < 4.78 is 11.3. The number of hydrogen-bond acceptors (Lipinski definition) is 3. The van der Waals surface area contributed by atoms with E-state index in [0.717, 1.165) is 19.4 Å². The van der Waals surface area contributed by atoms with Crippen LogP contribution in [0.25, 0.3) is 0 Å². The Kier molecular flexibility index (Phi) is 4.21. The van der Waals surface area contributed by atoms with E-state index < -0.39 is 8.32 Å². The average Bonchev–Trinajstić information content (AvgIpc) is 2.57. The molecule has 19 heavy (non-hydrogen) atoms. The van der Waals surface area contributed by atoms with Crippen molar-refractivity contribution in [3.63, 3.8) is 0 Å². The Balaban J connectivity index is 2.06. The number of carbonyl (C=O) groups excluding carboxylic acids is 1. The monoisotopic (exact) mass is 282 g/mol. The second-order valence-corrected chi connectivity index (χ2v) is 10.9. The maximum absolute atomic E-state index is 10.9. The van der Waals surface area contributed by atoms with E-state index in [1.54, 1.807) is 0 Å². The maximum atomic E-state index is 10.9. The molecule has 1 saturated heterocycles. The summed E-state index contributed by atoms with van der Waals surface area (Å²) in [6.45, 7) is 9.91. The van der Waals surface area contributed by atoms with Crippen molar-refractivity contribution in [2.75, 3.05) is 13.2 Å². The van der Waals surface area contributed by atoms with Gasteiger partial charge in [-0.15, -0.1) is 0 Å². The molecule has 3 atom stereocenters. The smallest absolute Gasteiger partial charge is 0.302 e. The zero-order valence-electron chi connectivity index (χ0n) is 12.6. The molecule has 1 aliphatic carbocycles. The summed E-state index contributed by atoms with van der Waals surface area (Å²) in [6.07, 6.45) is 8.03. The number of ether oxygens (including phenoxy) is 1. The van der Waals surface area contributed by atoms with Crippen LogP contribution in [-0.4, -0.2) is 27.5 Å².